The molecule has 1 aliphatic rings. The number of hydrogen-bond donors (Lipinski definition) is 1. The zero-order chi connectivity index (χ0) is 13.2. The minimum Gasteiger partial charge on any atom is -0.381 e. The minimum absolute atomic E-state index is 0.219. The lowest BCUT2D eigenvalue weighted by Gasteiger charge is -2.52. The van der Waals surface area contributed by atoms with Crippen LogP contribution in [0.25, 0.3) is 0 Å². The van der Waals surface area contributed by atoms with E-state index in [1.807, 2.05) is 0 Å². The van der Waals surface area contributed by atoms with Crippen LogP contribution in [0.1, 0.15) is 39.7 Å². The molecule has 0 aliphatic heterocycles. The Balaban J connectivity index is 2.03. The van der Waals surface area contributed by atoms with Crippen molar-refractivity contribution in [2.45, 2.75) is 52.7 Å². The molecule has 0 aromatic heterocycles. The third-order valence-electron chi connectivity index (χ3n) is 4.27. The van der Waals surface area contributed by atoms with Gasteiger partial charge in [-0.3, -0.25) is 0 Å². The van der Waals surface area contributed by atoms with E-state index in [2.05, 4.69) is 57.3 Å². The van der Waals surface area contributed by atoms with Gasteiger partial charge in [-0.15, -0.1) is 0 Å². The van der Waals surface area contributed by atoms with Crippen LogP contribution in [0, 0.1) is 5.41 Å². The largest absolute Gasteiger partial charge is 0.381 e. The Morgan fingerprint density at radius 1 is 1.28 bits per heavy atom. The lowest BCUT2D eigenvalue weighted by molar-refractivity contribution is -0.0976. The highest BCUT2D eigenvalue weighted by Crippen LogP contribution is 2.44. The predicted molar refractivity (Wildman–Crippen MR) is 77.0 cm³/mol. The van der Waals surface area contributed by atoms with Gasteiger partial charge >= 0.3 is 0 Å². The van der Waals surface area contributed by atoms with Gasteiger partial charge in [0.15, 0.2) is 0 Å². The first kappa shape index (κ1) is 13.4. The van der Waals surface area contributed by atoms with Crippen molar-refractivity contribution in [1.29, 1.82) is 0 Å². The van der Waals surface area contributed by atoms with Gasteiger partial charge in [0.1, 0.15) is 0 Å². The molecule has 2 nitrogen and oxygen atoms in total. The molecular formula is C16H25NO. The van der Waals surface area contributed by atoms with Crippen molar-refractivity contribution in [2.75, 3.05) is 11.9 Å². The highest BCUT2D eigenvalue weighted by Gasteiger charge is 2.48. The van der Waals surface area contributed by atoms with Crippen LogP contribution in [-0.2, 0) is 11.2 Å². The molecule has 0 bridgehead atoms. The average molecular weight is 247 g/mol. The highest BCUT2D eigenvalue weighted by atomic mass is 16.5. The molecule has 0 amide bonds. The topological polar surface area (TPSA) is 21.3 Å². The maximum Gasteiger partial charge on any atom is 0.0665 e. The Hall–Kier alpha value is -1.02. The third kappa shape index (κ3) is 2.39. The molecule has 0 spiro atoms. The number of aryl methyl sites for hydroxylation is 1. The van der Waals surface area contributed by atoms with Crippen LogP contribution in [0.4, 0.5) is 5.69 Å². The van der Waals surface area contributed by atoms with E-state index >= 15 is 0 Å². The van der Waals surface area contributed by atoms with Crippen LogP contribution in [0.15, 0.2) is 24.3 Å². The van der Waals surface area contributed by atoms with Crippen molar-refractivity contribution < 1.29 is 4.74 Å². The standard InChI is InChI=1S/C16H25NO/c1-5-12-9-7-8-10-13(12)17-14-11-15(18-6-2)16(14,3)4/h7-10,14-15,17H,5-6,11H2,1-4H3. The van der Waals surface area contributed by atoms with E-state index in [-0.39, 0.29) is 5.41 Å². The summed E-state index contributed by atoms with van der Waals surface area (Å²) in [6, 6.07) is 9.12. The Bertz CT molecular complexity index is 400. The molecule has 2 heteroatoms. The second-order valence-corrected chi connectivity index (χ2v) is 5.71. The molecule has 1 aromatic rings. The van der Waals surface area contributed by atoms with Crippen molar-refractivity contribution >= 4 is 5.69 Å². The fraction of sp³-hybridized carbons (Fsp3) is 0.625. The summed E-state index contributed by atoms with van der Waals surface area (Å²) in [4.78, 5) is 0. The minimum atomic E-state index is 0.219. The fourth-order valence-corrected chi connectivity index (χ4v) is 2.77. The molecule has 0 heterocycles. The number of rotatable bonds is 5. The summed E-state index contributed by atoms with van der Waals surface area (Å²) in [5.74, 6) is 0. The molecule has 1 aromatic carbocycles. The Morgan fingerprint density at radius 3 is 2.61 bits per heavy atom. The molecule has 1 fully saturated rings. The maximum atomic E-state index is 5.78. The Labute approximate surface area is 111 Å². The molecule has 2 rings (SSSR count). The summed E-state index contributed by atoms with van der Waals surface area (Å²) in [5, 5.41) is 3.70. The number of hydrogen-bond acceptors (Lipinski definition) is 2. The quantitative estimate of drug-likeness (QED) is 0.853. The zero-order valence-corrected chi connectivity index (χ0v) is 12.0. The fourth-order valence-electron chi connectivity index (χ4n) is 2.77. The molecule has 100 valence electrons. The first-order chi connectivity index (χ1) is 8.59. The predicted octanol–water partition coefficient (Wildman–Crippen LogP) is 3.86. The highest BCUT2D eigenvalue weighted by molar-refractivity contribution is 5.52. The molecule has 0 saturated heterocycles. The summed E-state index contributed by atoms with van der Waals surface area (Å²) in [6.07, 6.45) is 2.58. The van der Waals surface area contributed by atoms with Gasteiger partial charge in [-0.25, -0.2) is 0 Å². The number of para-hydroxylation sites is 1. The van der Waals surface area contributed by atoms with Crippen molar-refractivity contribution in [3.05, 3.63) is 29.8 Å². The van der Waals surface area contributed by atoms with E-state index in [9.17, 15) is 0 Å². The van der Waals surface area contributed by atoms with Crippen molar-refractivity contribution in [3.8, 4) is 0 Å². The van der Waals surface area contributed by atoms with Crippen molar-refractivity contribution in [2.24, 2.45) is 5.41 Å². The van der Waals surface area contributed by atoms with Gasteiger partial charge in [0.25, 0.3) is 0 Å². The molecule has 2 unspecified atom stereocenters. The SMILES string of the molecule is CCOC1CC(Nc2ccccc2CC)C1(C)C. The van der Waals surface area contributed by atoms with Gasteiger partial charge in [-0.05, 0) is 31.4 Å². The molecule has 18 heavy (non-hydrogen) atoms. The van der Waals surface area contributed by atoms with Gasteiger partial charge in [0.05, 0.1) is 6.10 Å². The van der Waals surface area contributed by atoms with E-state index in [0.717, 1.165) is 19.4 Å². The second-order valence-electron chi connectivity index (χ2n) is 5.71. The molecule has 1 N–H and O–H groups in total. The lowest BCUT2D eigenvalue weighted by atomic mass is 9.64. The van der Waals surface area contributed by atoms with Crippen LogP contribution in [0.3, 0.4) is 0 Å². The molecule has 0 radical (unpaired) electrons. The van der Waals surface area contributed by atoms with Gasteiger partial charge in [0, 0.05) is 23.8 Å². The van der Waals surface area contributed by atoms with Crippen molar-refractivity contribution in [3.63, 3.8) is 0 Å². The van der Waals surface area contributed by atoms with Gasteiger partial charge < -0.3 is 10.1 Å². The smallest absolute Gasteiger partial charge is 0.0665 e. The number of nitrogens with one attached hydrogen (secondary N) is 1. The first-order valence-corrected chi connectivity index (χ1v) is 7.05. The van der Waals surface area contributed by atoms with Crippen LogP contribution >= 0.6 is 0 Å². The summed E-state index contributed by atoms with van der Waals surface area (Å²) in [7, 11) is 0. The van der Waals surface area contributed by atoms with E-state index in [4.69, 9.17) is 4.74 Å². The summed E-state index contributed by atoms with van der Waals surface area (Å²) in [6.45, 7) is 9.68. The van der Waals surface area contributed by atoms with E-state index in [1.54, 1.807) is 0 Å². The molecule has 1 saturated carbocycles. The maximum absolute atomic E-state index is 5.78. The van der Waals surface area contributed by atoms with Crippen LogP contribution in [0.2, 0.25) is 0 Å². The van der Waals surface area contributed by atoms with Gasteiger partial charge in [0.2, 0.25) is 0 Å². The Morgan fingerprint density at radius 2 is 2.00 bits per heavy atom. The van der Waals surface area contributed by atoms with E-state index in [1.165, 1.54) is 11.3 Å². The van der Waals surface area contributed by atoms with Gasteiger partial charge in [-0.1, -0.05) is 39.0 Å². The number of benzene rings is 1. The monoisotopic (exact) mass is 247 g/mol. The molecule has 1 aliphatic carbocycles. The summed E-state index contributed by atoms with van der Waals surface area (Å²) >= 11 is 0. The second kappa shape index (κ2) is 5.31. The normalized spacial score (nSPS) is 25.6. The molecular weight excluding hydrogens is 222 g/mol. The van der Waals surface area contributed by atoms with E-state index < -0.39 is 0 Å². The van der Waals surface area contributed by atoms with Crippen molar-refractivity contribution in [1.82, 2.24) is 0 Å². The lowest BCUT2D eigenvalue weighted by Crippen LogP contribution is -2.58. The van der Waals surface area contributed by atoms with Gasteiger partial charge in [-0.2, -0.15) is 0 Å². The van der Waals surface area contributed by atoms with Crippen LogP contribution in [0.5, 0.6) is 0 Å². The van der Waals surface area contributed by atoms with Crippen LogP contribution < -0.4 is 5.32 Å². The van der Waals surface area contributed by atoms with Crippen LogP contribution in [-0.4, -0.2) is 18.8 Å². The Kier molecular flexibility index (Phi) is 3.96. The number of anilines is 1. The summed E-state index contributed by atoms with van der Waals surface area (Å²) < 4.78 is 5.78. The third-order valence-corrected chi connectivity index (χ3v) is 4.27. The number of ether oxygens (including phenoxy) is 1. The van der Waals surface area contributed by atoms with E-state index in [0.29, 0.717) is 12.1 Å². The first-order valence-electron chi connectivity index (χ1n) is 7.05. The summed E-state index contributed by atoms with van der Waals surface area (Å²) in [5.41, 5.74) is 2.90. The molecule has 2 atom stereocenters. The average Bonchev–Trinajstić information content (AvgIpc) is 2.38. The zero-order valence-electron chi connectivity index (χ0n) is 12.0.